The number of rotatable bonds is 1. The summed E-state index contributed by atoms with van der Waals surface area (Å²) < 4.78 is 0. The number of carboxylic acids is 1. The molecule has 52 valence electrons. The van der Waals surface area contributed by atoms with Crippen molar-refractivity contribution in [2.24, 2.45) is 5.73 Å². The smallest absolute Gasteiger partial charge is 0.316 e. The van der Waals surface area contributed by atoms with Crippen molar-refractivity contribution in [3.8, 4) is 0 Å². The average Bonchev–Trinajstić information content (AvgIpc) is 2.14. The standard InChI is InChI=1S/C5H9NO2S/c6-3-1-4(5(7)8)9-2-3/h3-4H,1-2,6H2,(H,7,8)/t3-,4?/m0/s1. The van der Waals surface area contributed by atoms with Crippen LogP contribution in [0.5, 0.6) is 0 Å². The SMILES string of the molecule is N[C@@H]1CSC(C(=O)O)C1. The number of hydrogen-bond acceptors (Lipinski definition) is 3. The van der Waals surface area contributed by atoms with Gasteiger partial charge in [0, 0.05) is 11.8 Å². The topological polar surface area (TPSA) is 63.3 Å². The van der Waals surface area contributed by atoms with Crippen LogP contribution in [0.25, 0.3) is 0 Å². The molecule has 0 spiro atoms. The van der Waals surface area contributed by atoms with Gasteiger partial charge in [-0.15, -0.1) is 11.8 Å². The van der Waals surface area contributed by atoms with E-state index in [0.29, 0.717) is 6.42 Å². The highest BCUT2D eigenvalue weighted by atomic mass is 32.2. The maximum absolute atomic E-state index is 10.3. The lowest BCUT2D eigenvalue weighted by Crippen LogP contribution is -2.21. The van der Waals surface area contributed by atoms with Gasteiger partial charge in [-0.25, -0.2) is 0 Å². The van der Waals surface area contributed by atoms with Crippen molar-refractivity contribution in [3.05, 3.63) is 0 Å². The van der Waals surface area contributed by atoms with Gasteiger partial charge in [0.15, 0.2) is 0 Å². The zero-order chi connectivity index (χ0) is 6.85. The Morgan fingerprint density at radius 3 is 2.67 bits per heavy atom. The van der Waals surface area contributed by atoms with Crippen LogP contribution in [0.1, 0.15) is 6.42 Å². The van der Waals surface area contributed by atoms with Crippen LogP contribution >= 0.6 is 11.8 Å². The van der Waals surface area contributed by atoms with Gasteiger partial charge in [-0.2, -0.15) is 0 Å². The second kappa shape index (κ2) is 2.58. The first-order chi connectivity index (χ1) is 4.20. The fourth-order valence-corrected chi connectivity index (χ4v) is 1.96. The van der Waals surface area contributed by atoms with E-state index < -0.39 is 5.97 Å². The molecule has 0 aromatic heterocycles. The summed E-state index contributed by atoms with van der Waals surface area (Å²) in [6.07, 6.45) is 0.625. The molecule has 0 aliphatic carbocycles. The van der Waals surface area contributed by atoms with Crippen LogP contribution in [0.2, 0.25) is 0 Å². The molecule has 2 atom stereocenters. The van der Waals surface area contributed by atoms with E-state index in [1.54, 1.807) is 0 Å². The first-order valence-corrected chi connectivity index (χ1v) is 3.85. The Kier molecular flexibility index (Phi) is 1.97. The molecular formula is C5H9NO2S. The van der Waals surface area contributed by atoms with Gasteiger partial charge in [-0.1, -0.05) is 0 Å². The molecule has 1 heterocycles. The van der Waals surface area contributed by atoms with Gasteiger partial charge >= 0.3 is 5.97 Å². The molecule has 0 aromatic rings. The van der Waals surface area contributed by atoms with Gasteiger partial charge in [0.1, 0.15) is 5.25 Å². The van der Waals surface area contributed by atoms with E-state index in [1.165, 1.54) is 11.8 Å². The maximum Gasteiger partial charge on any atom is 0.316 e. The number of carbonyl (C=O) groups is 1. The molecule has 1 unspecified atom stereocenters. The molecule has 9 heavy (non-hydrogen) atoms. The lowest BCUT2D eigenvalue weighted by Gasteiger charge is -1.98. The molecule has 0 amide bonds. The van der Waals surface area contributed by atoms with E-state index in [1.807, 2.05) is 0 Å². The third kappa shape index (κ3) is 1.59. The number of nitrogens with two attached hydrogens (primary N) is 1. The molecule has 4 heteroatoms. The van der Waals surface area contributed by atoms with Crippen LogP contribution in [0, 0.1) is 0 Å². The molecule has 3 nitrogen and oxygen atoms in total. The fourth-order valence-electron chi connectivity index (χ4n) is 0.823. The van der Waals surface area contributed by atoms with Gasteiger partial charge in [-0.05, 0) is 6.42 Å². The highest BCUT2D eigenvalue weighted by Gasteiger charge is 2.27. The lowest BCUT2D eigenvalue weighted by molar-refractivity contribution is -0.136. The van der Waals surface area contributed by atoms with Crippen LogP contribution in [0.4, 0.5) is 0 Å². The second-order valence-corrected chi connectivity index (χ2v) is 3.39. The Morgan fingerprint density at radius 1 is 1.78 bits per heavy atom. The van der Waals surface area contributed by atoms with Crippen molar-refractivity contribution in [1.82, 2.24) is 0 Å². The third-order valence-corrected chi connectivity index (χ3v) is 2.72. The van der Waals surface area contributed by atoms with Crippen molar-refractivity contribution in [3.63, 3.8) is 0 Å². The normalized spacial score (nSPS) is 34.8. The highest BCUT2D eigenvalue weighted by molar-refractivity contribution is 8.00. The van der Waals surface area contributed by atoms with E-state index in [4.69, 9.17) is 10.8 Å². The minimum absolute atomic E-state index is 0.0936. The summed E-state index contributed by atoms with van der Waals surface area (Å²) >= 11 is 1.43. The molecular weight excluding hydrogens is 138 g/mol. The van der Waals surface area contributed by atoms with Gasteiger partial charge in [-0.3, -0.25) is 4.79 Å². The van der Waals surface area contributed by atoms with E-state index in [-0.39, 0.29) is 11.3 Å². The van der Waals surface area contributed by atoms with Crippen molar-refractivity contribution < 1.29 is 9.90 Å². The Hall–Kier alpha value is -0.220. The van der Waals surface area contributed by atoms with Gasteiger partial charge < -0.3 is 10.8 Å². The number of aliphatic carboxylic acids is 1. The third-order valence-electron chi connectivity index (χ3n) is 1.30. The Labute approximate surface area is 57.6 Å². The average molecular weight is 147 g/mol. The summed E-state index contributed by atoms with van der Waals surface area (Å²) in [5.41, 5.74) is 5.48. The number of carboxylic acid groups (broad SMARTS) is 1. The van der Waals surface area contributed by atoms with Gasteiger partial charge in [0.2, 0.25) is 0 Å². The maximum atomic E-state index is 10.3. The molecule has 1 rings (SSSR count). The van der Waals surface area contributed by atoms with E-state index in [9.17, 15) is 4.79 Å². The van der Waals surface area contributed by atoms with Gasteiger partial charge in [0.25, 0.3) is 0 Å². The zero-order valence-corrected chi connectivity index (χ0v) is 5.73. The summed E-state index contributed by atoms with van der Waals surface area (Å²) in [4.78, 5) is 10.3. The predicted octanol–water partition coefficient (Wildman–Crippen LogP) is -0.0962. The number of hydrogen-bond donors (Lipinski definition) is 2. The van der Waals surface area contributed by atoms with Crippen molar-refractivity contribution in [2.75, 3.05) is 5.75 Å². The van der Waals surface area contributed by atoms with Crippen LogP contribution in [0.15, 0.2) is 0 Å². The summed E-state index contributed by atoms with van der Waals surface area (Å²) in [5, 5.41) is 8.20. The summed E-state index contributed by atoms with van der Waals surface area (Å²) in [5.74, 6) is 0.0599. The minimum Gasteiger partial charge on any atom is -0.480 e. The molecule has 0 saturated carbocycles. The van der Waals surface area contributed by atoms with Crippen molar-refractivity contribution >= 4 is 17.7 Å². The molecule has 0 radical (unpaired) electrons. The van der Waals surface area contributed by atoms with Crippen molar-refractivity contribution in [2.45, 2.75) is 17.7 Å². The molecule has 0 bridgehead atoms. The van der Waals surface area contributed by atoms with E-state index >= 15 is 0 Å². The summed E-state index contributed by atoms with van der Waals surface area (Å²) in [7, 11) is 0. The quantitative estimate of drug-likeness (QED) is 0.544. The Bertz CT molecular complexity index is 128. The molecule has 1 aliphatic heterocycles. The van der Waals surface area contributed by atoms with E-state index in [0.717, 1.165) is 5.75 Å². The van der Waals surface area contributed by atoms with Crippen molar-refractivity contribution in [1.29, 1.82) is 0 Å². The number of thioether (sulfide) groups is 1. The molecule has 1 fully saturated rings. The molecule has 0 aromatic carbocycles. The lowest BCUT2D eigenvalue weighted by atomic mass is 10.2. The van der Waals surface area contributed by atoms with Crippen LogP contribution in [0.3, 0.4) is 0 Å². The first-order valence-electron chi connectivity index (χ1n) is 2.80. The van der Waals surface area contributed by atoms with Gasteiger partial charge in [0.05, 0.1) is 0 Å². The molecule has 1 aliphatic rings. The monoisotopic (exact) mass is 147 g/mol. The van der Waals surface area contributed by atoms with Crippen LogP contribution in [-0.2, 0) is 4.79 Å². The van der Waals surface area contributed by atoms with E-state index in [2.05, 4.69) is 0 Å². The zero-order valence-electron chi connectivity index (χ0n) is 4.91. The highest BCUT2D eigenvalue weighted by Crippen LogP contribution is 2.25. The molecule has 3 N–H and O–H groups in total. The fraction of sp³-hybridized carbons (Fsp3) is 0.800. The van der Waals surface area contributed by atoms with Crippen LogP contribution < -0.4 is 5.73 Å². The summed E-state index contributed by atoms with van der Waals surface area (Å²) in [6.45, 7) is 0. The Balaban J connectivity index is 2.39. The predicted molar refractivity (Wildman–Crippen MR) is 36.5 cm³/mol. The Morgan fingerprint density at radius 2 is 2.44 bits per heavy atom. The first kappa shape index (κ1) is 6.89. The minimum atomic E-state index is -0.729. The largest absolute Gasteiger partial charge is 0.480 e. The summed E-state index contributed by atoms with van der Waals surface area (Å²) in [6, 6.07) is 0.0936. The molecule has 1 saturated heterocycles. The second-order valence-electron chi connectivity index (χ2n) is 2.16. The van der Waals surface area contributed by atoms with Crippen LogP contribution in [-0.4, -0.2) is 28.1 Å².